The molecule has 0 fully saturated rings. The number of aliphatic hydroxyl groups excluding tert-OH is 1. The zero-order valence-electron chi connectivity index (χ0n) is 12.5. The van der Waals surface area contributed by atoms with Crippen molar-refractivity contribution < 1.29 is 19.4 Å². The Kier molecular flexibility index (Phi) is 3.42. The number of hydrogen-bond donors (Lipinski definition) is 1. The summed E-state index contributed by atoms with van der Waals surface area (Å²) in [6.07, 6.45) is 0.873. The van der Waals surface area contributed by atoms with Gasteiger partial charge in [-0.05, 0) is 32.0 Å². The molecular weight excluding hydrogens is 282 g/mol. The molecule has 1 aliphatic heterocycles. The van der Waals surface area contributed by atoms with Gasteiger partial charge in [-0.1, -0.05) is 0 Å². The zero-order chi connectivity index (χ0) is 15.9. The summed E-state index contributed by atoms with van der Waals surface area (Å²) >= 11 is 0. The Morgan fingerprint density at radius 3 is 2.82 bits per heavy atom. The van der Waals surface area contributed by atoms with Gasteiger partial charge in [-0.3, -0.25) is 4.79 Å². The van der Waals surface area contributed by atoms with Crippen LogP contribution in [0.3, 0.4) is 0 Å². The maximum Gasteiger partial charge on any atom is 0.159 e. The van der Waals surface area contributed by atoms with Gasteiger partial charge < -0.3 is 14.6 Å². The first kappa shape index (κ1) is 14.6. The van der Waals surface area contributed by atoms with Crippen molar-refractivity contribution in [1.82, 2.24) is 0 Å². The monoisotopic (exact) mass is 299 g/mol. The minimum atomic E-state index is -0.912. The molecular formula is C17H17NO4. The number of rotatable bonds is 2. The SMILES string of the molecule is CC1(C)Oc2ccc(C#N)cc2[C@H](OC2=CC(=O)CC2)[C@H]1O. The lowest BCUT2D eigenvalue weighted by Gasteiger charge is -2.42. The second-order valence-electron chi connectivity index (χ2n) is 6.13. The Morgan fingerprint density at radius 1 is 1.41 bits per heavy atom. The van der Waals surface area contributed by atoms with Gasteiger partial charge in [0, 0.05) is 24.5 Å². The summed E-state index contributed by atoms with van der Waals surface area (Å²) in [4.78, 5) is 11.4. The second kappa shape index (κ2) is 5.15. The van der Waals surface area contributed by atoms with E-state index >= 15 is 0 Å². The largest absolute Gasteiger partial charge is 0.487 e. The van der Waals surface area contributed by atoms with Gasteiger partial charge in [0.05, 0.1) is 11.6 Å². The van der Waals surface area contributed by atoms with E-state index in [0.717, 1.165) is 0 Å². The molecule has 2 aliphatic rings. The van der Waals surface area contributed by atoms with Crippen molar-refractivity contribution in [3.8, 4) is 11.8 Å². The van der Waals surface area contributed by atoms with Gasteiger partial charge in [-0.15, -0.1) is 0 Å². The van der Waals surface area contributed by atoms with Crippen molar-refractivity contribution >= 4 is 5.78 Å². The summed E-state index contributed by atoms with van der Waals surface area (Å²) in [7, 11) is 0. The Bertz CT molecular complexity index is 699. The van der Waals surface area contributed by atoms with E-state index in [-0.39, 0.29) is 5.78 Å². The Morgan fingerprint density at radius 2 is 2.18 bits per heavy atom. The number of fused-ring (bicyclic) bond motifs is 1. The number of nitriles is 1. The highest BCUT2D eigenvalue weighted by Crippen LogP contribution is 2.43. The molecule has 0 spiro atoms. The molecule has 1 heterocycles. The highest BCUT2D eigenvalue weighted by atomic mass is 16.5. The first-order valence-electron chi connectivity index (χ1n) is 7.22. The quantitative estimate of drug-likeness (QED) is 0.907. The molecule has 5 heteroatoms. The summed E-state index contributed by atoms with van der Waals surface area (Å²) in [6.45, 7) is 3.56. The normalized spacial score (nSPS) is 25.7. The van der Waals surface area contributed by atoms with Crippen LogP contribution in [0.25, 0.3) is 0 Å². The topological polar surface area (TPSA) is 79.5 Å². The summed E-state index contributed by atoms with van der Waals surface area (Å²) in [5.41, 5.74) is 0.278. The Labute approximate surface area is 128 Å². The summed E-state index contributed by atoms with van der Waals surface area (Å²) in [5.74, 6) is 1.19. The van der Waals surface area contributed by atoms with Crippen LogP contribution in [0.15, 0.2) is 30.0 Å². The number of allylic oxidation sites excluding steroid dienone is 2. The smallest absolute Gasteiger partial charge is 0.159 e. The molecule has 3 rings (SSSR count). The van der Waals surface area contributed by atoms with Crippen LogP contribution < -0.4 is 4.74 Å². The molecule has 0 aromatic heterocycles. The minimum absolute atomic E-state index is 0.0295. The van der Waals surface area contributed by atoms with Crippen molar-refractivity contribution in [3.05, 3.63) is 41.2 Å². The Balaban J connectivity index is 2.01. The Hall–Kier alpha value is -2.32. The van der Waals surface area contributed by atoms with Crippen LogP contribution in [0.1, 0.15) is 43.9 Å². The predicted octanol–water partition coefficient (Wildman–Crippen LogP) is 2.39. The lowest BCUT2D eigenvalue weighted by atomic mass is 9.87. The van der Waals surface area contributed by atoms with Crippen LogP contribution in [-0.4, -0.2) is 22.6 Å². The molecule has 1 aromatic rings. The number of aliphatic hydroxyl groups is 1. The van der Waals surface area contributed by atoms with Gasteiger partial charge in [0.25, 0.3) is 0 Å². The van der Waals surface area contributed by atoms with Crippen molar-refractivity contribution in [2.24, 2.45) is 0 Å². The molecule has 114 valence electrons. The van der Waals surface area contributed by atoms with Crippen LogP contribution in [0.4, 0.5) is 0 Å². The van der Waals surface area contributed by atoms with Gasteiger partial charge in [-0.2, -0.15) is 5.26 Å². The van der Waals surface area contributed by atoms with Crippen molar-refractivity contribution in [2.75, 3.05) is 0 Å². The third kappa shape index (κ3) is 2.46. The lowest BCUT2D eigenvalue weighted by Crippen LogP contribution is -2.49. The highest BCUT2D eigenvalue weighted by molar-refractivity contribution is 5.92. The molecule has 0 saturated carbocycles. The third-order valence-corrected chi connectivity index (χ3v) is 4.04. The molecule has 22 heavy (non-hydrogen) atoms. The third-order valence-electron chi connectivity index (χ3n) is 4.04. The van der Waals surface area contributed by atoms with Crippen LogP contribution in [0.2, 0.25) is 0 Å². The molecule has 2 atom stereocenters. The van der Waals surface area contributed by atoms with Gasteiger partial charge in [0.2, 0.25) is 0 Å². The number of ketones is 1. The number of hydrogen-bond acceptors (Lipinski definition) is 5. The first-order valence-corrected chi connectivity index (χ1v) is 7.22. The van der Waals surface area contributed by atoms with Gasteiger partial charge in [-0.25, -0.2) is 0 Å². The van der Waals surface area contributed by atoms with E-state index in [0.29, 0.717) is 35.5 Å². The maximum atomic E-state index is 11.4. The molecule has 1 aliphatic carbocycles. The highest BCUT2D eigenvalue weighted by Gasteiger charge is 2.44. The fourth-order valence-electron chi connectivity index (χ4n) is 2.77. The van der Waals surface area contributed by atoms with Crippen LogP contribution in [-0.2, 0) is 9.53 Å². The summed E-state index contributed by atoms with van der Waals surface area (Å²) in [6, 6.07) is 7.12. The number of carbonyl (C=O) groups is 1. The first-order chi connectivity index (χ1) is 10.4. The molecule has 0 saturated heterocycles. The molecule has 0 unspecified atom stereocenters. The van der Waals surface area contributed by atoms with E-state index in [1.165, 1.54) is 6.08 Å². The predicted molar refractivity (Wildman–Crippen MR) is 78.0 cm³/mol. The van der Waals surface area contributed by atoms with Crippen LogP contribution in [0, 0.1) is 11.3 Å². The van der Waals surface area contributed by atoms with Gasteiger partial charge in [0.15, 0.2) is 11.9 Å². The zero-order valence-corrected chi connectivity index (χ0v) is 12.5. The van der Waals surface area contributed by atoms with Crippen molar-refractivity contribution in [2.45, 2.75) is 44.5 Å². The van der Waals surface area contributed by atoms with E-state index in [1.54, 1.807) is 32.0 Å². The summed E-state index contributed by atoms with van der Waals surface area (Å²) in [5, 5.41) is 19.7. The fraction of sp³-hybridized carbons (Fsp3) is 0.412. The average molecular weight is 299 g/mol. The van der Waals surface area contributed by atoms with E-state index in [2.05, 4.69) is 6.07 Å². The van der Waals surface area contributed by atoms with Gasteiger partial charge in [0.1, 0.15) is 23.2 Å². The maximum absolute atomic E-state index is 11.4. The number of benzene rings is 1. The molecule has 5 nitrogen and oxygen atoms in total. The molecule has 1 aromatic carbocycles. The number of carbonyl (C=O) groups excluding carboxylic acids is 1. The molecule has 0 bridgehead atoms. The standard InChI is InChI=1S/C17H17NO4/c1-17(2)16(20)15(21-12-5-4-11(19)8-12)13-7-10(9-18)3-6-14(13)22-17/h3,6-8,15-16,20H,4-5H2,1-2H3/t15-,16+/m0/s1. The lowest BCUT2D eigenvalue weighted by molar-refractivity contribution is -0.120. The minimum Gasteiger partial charge on any atom is -0.487 e. The summed E-state index contributed by atoms with van der Waals surface area (Å²) < 4.78 is 11.7. The van der Waals surface area contributed by atoms with Crippen LogP contribution in [0.5, 0.6) is 5.75 Å². The van der Waals surface area contributed by atoms with E-state index < -0.39 is 17.8 Å². The second-order valence-corrected chi connectivity index (χ2v) is 6.13. The van der Waals surface area contributed by atoms with E-state index in [4.69, 9.17) is 14.7 Å². The van der Waals surface area contributed by atoms with Gasteiger partial charge >= 0.3 is 0 Å². The number of ether oxygens (including phenoxy) is 2. The average Bonchev–Trinajstić information content (AvgIpc) is 2.88. The van der Waals surface area contributed by atoms with Crippen molar-refractivity contribution in [3.63, 3.8) is 0 Å². The van der Waals surface area contributed by atoms with E-state index in [9.17, 15) is 9.90 Å². The molecule has 1 N–H and O–H groups in total. The number of nitrogens with zero attached hydrogens (tertiary/aromatic N) is 1. The van der Waals surface area contributed by atoms with Crippen molar-refractivity contribution in [1.29, 1.82) is 5.26 Å². The fourth-order valence-corrected chi connectivity index (χ4v) is 2.77. The molecule has 0 radical (unpaired) electrons. The van der Waals surface area contributed by atoms with Crippen LogP contribution >= 0.6 is 0 Å². The molecule has 0 amide bonds. The van der Waals surface area contributed by atoms with E-state index in [1.807, 2.05) is 0 Å².